The standard InChI is InChI=1S/C19H17ClN2O/c20-16-10-2-1-5-14(16)17-12-7-3-6-11(12)13-8-4-9-15(19(21)23)18(13)22-17/h1-6,8-12,17,22H,7H2,(H2,21,23). The van der Waals surface area contributed by atoms with Crippen molar-refractivity contribution in [1.29, 1.82) is 0 Å². The van der Waals surface area contributed by atoms with Gasteiger partial charge in [-0.1, -0.05) is 54.1 Å². The molecule has 116 valence electrons. The highest BCUT2D eigenvalue weighted by Gasteiger charge is 2.39. The van der Waals surface area contributed by atoms with Gasteiger partial charge in [0.25, 0.3) is 5.91 Å². The first-order valence-corrected chi connectivity index (χ1v) is 8.15. The number of amides is 1. The first-order valence-electron chi connectivity index (χ1n) is 7.77. The number of carbonyl (C=O) groups excluding carboxylic acids is 1. The molecule has 2 aromatic carbocycles. The Balaban J connectivity index is 1.87. The molecule has 23 heavy (non-hydrogen) atoms. The monoisotopic (exact) mass is 324 g/mol. The molecule has 4 heteroatoms. The molecular weight excluding hydrogens is 308 g/mol. The summed E-state index contributed by atoms with van der Waals surface area (Å²) in [4.78, 5) is 11.8. The number of para-hydroxylation sites is 1. The van der Waals surface area contributed by atoms with E-state index in [-0.39, 0.29) is 12.0 Å². The van der Waals surface area contributed by atoms with Gasteiger partial charge in [0.1, 0.15) is 0 Å². The van der Waals surface area contributed by atoms with E-state index in [9.17, 15) is 4.79 Å². The molecule has 3 nitrogen and oxygen atoms in total. The summed E-state index contributed by atoms with van der Waals surface area (Å²) in [5, 5.41) is 4.30. The van der Waals surface area contributed by atoms with Crippen LogP contribution >= 0.6 is 11.6 Å². The number of nitrogens with two attached hydrogens (primary N) is 1. The van der Waals surface area contributed by atoms with Crippen LogP contribution in [0, 0.1) is 5.92 Å². The van der Waals surface area contributed by atoms with E-state index in [1.807, 2.05) is 30.3 Å². The molecule has 1 aliphatic carbocycles. The van der Waals surface area contributed by atoms with Crippen LogP contribution in [-0.2, 0) is 0 Å². The van der Waals surface area contributed by atoms with E-state index in [2.05, 4.69) is 23.5 Å². The molecule has 2 aromatic rings. The molecule has 1 heterocycles. The summed E-state index contributed by atoms with van der Waals surface area (Å²) in [5.74, 6) is 0.269. The van der Waals surface area contributed by atoms with Crippen molar-refractivity contribution in [3.63, 3.8) is 0 Å². The Kier molecular flexibility index (Phi) is 3.38. The summed E-state index contributed by atoms with van der Waals surface area (Å²) in [5.41, 5.74) is 9.16. The molecule has 0 aromatic heterocycles. The highest BCUT2D eigenvalue weighted by molar-refractivity contribution is 6.31. The maximum Gasteiger partial charge on any atom is 0.250 e. The van der Waals surface area contributed by atoms with Gasteiger partial charge in [-0.25, -0.2) is 0 Å². The molecule has 3 unspecified atom stereocenters. The lowest BCUT2D eigenvalue weighted by Crippen LogP contribution is -2.31. The smallest absolute Gasteiger partial charge is 0.250 e. The lowest BCUT2D eigenvalue weighted by Gasteiger charge is -2.38. The van der Waals surface area contributed by atoms with Crippen LogP contribution in [0.25, 0.3) is 0 Å². The fourth-order valence-corrected chi connectivity index (χ4v) is 4.12. The van der Waals surface area contributed by atoms with Crippen LogP contribution in [0.4, 0.5) is 5.69 Å². The van der Waals surface area contributed by atoms with Crippen LogP contribution in [0.5, 0.6) is 0 Å². The van der Waals surface area contributed by atoms with Gasteiger partial charge < -0.3 is 11.1 Å². The van der Waals surface area contributed by atoms with E-state index in [1.165, 1.54) is 0 Å². The first-order chi connectivity index (χ1) is 11.2. The minimum Gasteiger partial charge on any atom is -0.377 e. The molecule has 1 aliphatic heterocycles. The zero-order valence-corrected chi connectivity index (χ0v) is 13.3. The number of primary amides is 1. The number of halogens is 1. The Hall–Kier alpha value is -2.26. The summed E-state index contributed by atoms with van der Waals surface area (Å²) in [6.45, 7) is 0. The van der Waals surface area contributed by atoms with Crippen molar-refractivity contribution < 1.29 is 4.79 Å². The van der Waals surface area contributed by atoms with Gasteiger partial charge in [0.15, 0.2) is 0 Å². The van der Waals surface area contributed by atoms with E-state index < -0.39 is 5.91 Å². The Morgan fingerprint density at radius 2 is 1.91 bits per heavy atom. The van der Waals surface area contributed by atoms with Gasteiger partial charge in [0, 0.05) is 10.9 Å². The maximum atomic E-state index is 11.8. The van der Waals surface area contributed by atoms with Crippen LogP contribution < -0.4 is 11.1 Å². The van der Waals surface area contributed by atoms with E-state index >= 15 is 0 Å². The third-order valence-corrected chi connectivity index (χ3v) is 5.25. The molecule has 1 amide bonds. The third-order valence-electron chi connectivity index (χ3n) is 4.90. The summed E-state index contributed by atoms with van der Waals surface area (Å²) >= 11 is 6.43. The Morgan fingerprint density at radius 1 is 1.13 bits per heavy atom. The number of benzene rings is 2. The van der Waals surface area contributed by atoms with Crippen molar-refractivity contribution in [2.24, 2.45) is 11.7 Å². The van der Waals surface area contributed by atoms with Crippen molar-refractivity contribution in [3.8, 4) is 0 Å². The molecular formula is C19H17ClN2O. The predicted octanol–water partition coefficient (Wildman–Crippen LogP) is 4.27. The number of carbonyl (C=O) groups is 1. The summed E-state index contributed by atoms with van der Waals surface area (Å²) in [6.07, 6.45) is 5.44. The van der Waals surface area contributed by atoms with E-state index in [4.69, 9.17) is 17.3 Å². The average Bonchev–Trinajstić information content (AvgIpc) is 3.04. The van der Waals surface area contributed by atoms with Gasteiger partial charge in [-0.05, 0) is 35.6 Å². The van der Waals surface area contributed by atoms with Gasteiger partial charge in [-0.15, -0.1) is 0 Å². The summed E-state index contributed by atoms with van der Waals surface area (Å²) in [7, 11) is 0. The number of fused-ring (bicyclic) bond motifs is 3. The molecule has 4 rings (SSSR count). The molecule has 3 N–H and O–H groups in total. The highest BCUT2D eigenvalue weighted by atomic mass is 35.5. The largest absolute Gasteiger partial charge is 0.377 e. The molecule has 0 spiro atoms. The Bertz CT molecular complexity index is 815. The SMILES string of the molecule is NC(=O)c1cccc2c1NC(c1ccccc1Cl)C1CC=CC21. The number of hydrogen-bond acceptors (Lipinski definition) is 2. The average molecular weight is 325 g/mol. The van der Waals surface area contributed by atoms with E-state index in [0.717, 1.165) is 28.3 Å². The molecule has 0 fully saturated rings. The van der Waals surface area contributed by atoms with Crippen molar-refractivity contribution in [2.75, 3.05) is 5.32 Å². The molecule has 0 saturated heterocycles. The number of rotatable bonds is 2. The molecule has 0 radical (unpaired) electrons. The lowest BCUT2D eigenvalue weighted by atomic mass is 9.76. The normalized spacial score (nSPS) is 24.7. The zero-order chi connectivity index (χ0) is 16.0. The quantitative estimate of drug-likeness (QED) is 0.811. The maximum absolute atomic E-state index is 11.8. The van der Waals surface area contributed by atoms with Gasteiger partial charge in [-0.2, -0.15) is 0 Å². The summed E-state index contributed by atoms with van der Waals surface area (Å²) < 4.78 is 0. The Morgan fingerprint density at radius 3 is 2.70 bits per heavy atom. The number of nitrogens with one attached hydrogen (secondary N) is 1. The fourth-order valence-electron chi connectivity index (χ4n) is 3.86. The second-order valence-electron chi connectivity index (χ2n) is 6.13. The zero-order valence-electron chi connectivity index (χ0n) is 12.5. The lowest BCUT2D eigenvalue weighted by molar-refractivity contribution is 0.100. The second-order valence-corrected chi connectivity index (χ2v) is 6.54. The third kappa shape index (κ3) is 2.23. The van der Waals surface area contributed by atoms with Crippen LogP contribution in [0.3, 0.4) is 0 Å². The Labute approximate surface area is 140 Å². The van der Waals surface area contributed by atoms with Crippen LogP contribution in [-0.4, -0.2) is 5.91 Å². The first kappa shape index (κ1) is 14.3. The number of anilines is 1. The van der Waals surface area contributed by atoms with E-state index in [1.54, 1.807) is 6.07 Å². The number of allylic oxidation sites excluding steroid dienone is 2. The minimum atomic E-state index is -0.410. The minimum absolute atomic E-state index is 0.0664. The van der Waals surface area contributed by atoms with Crippen molar-refractivity contribution in [2.45, 2.75) is 18.4 Å². The van der Waals surface area contributed by atoms with Crippen molar-refractivity contribution >= 4 is 23.2 Å². The van der Waals surface area contributed by atoms with Crippen LogP contribution in [0.15, 0.2) is 54.6 Å². The summed E-state index contributed by atoms with van der Waals surface area (Å²) in [6, 6.07) is 13.7. The van der Waals surface area contributed by atoms with E-state index in [0.29, 0.717) is 11.5 Å². The molecule has 3 atom stereocenters. The van der Waals surface area contributed by atoms with Gasteiger partial charge >= 0.3 is 0 Å². The molecule has 0 bridgehead atoms. The van der Waals surface area contributed by atoms with Crippen LogP contribution in [0.1, 0.15) is 39.9 Å². The molecule has 0 saturated carbocycles. The fraction of sp³-hybridized carbons (Fsp3) is 0.211. The van der Waals surface area contributed by atoms with Gasteiger partial charge in [0.05, 0.1) is 17.3 Å². The second kappa shape index (κ2) is 5.43. The van der Waals surface area contributed by atoms with Gasteiger partial charge in [0.2, 0.25) is 0 Å². The predicted molar refractivity (Wildman–Crippen MR) is 92.8 cm³/mol. The van der Waals surface area contributed by atoms with Crippen LogP contribution in [0.2, 0.25) is 5.02 Å². The topological polar surface area (TPSA) is 55.1 Å². The highest BCUT2D eigenvalue weighted by Crippen LogP contribution is 2.51. The van der Waals surface area contributed by atoms with Gasteiger partial charge in [-0.3, -0.25) is 4.79 Å². The van der Waals surface area contributed by atoms with Crippen molar-refractivity contribution in [3.05, 3.63) is 76.3 Å². The van der Waals surface area contributed by atoms with Crippen molar-refractivity contribution in [1.82, 2.24) is 0 Å². The molecule has 2 aliphatic rings. The number of hydrogen-bond donors (Lipinski definition) is 2.